The molecule has 2 heterocycles. The molecule has 4 nitrogen and oxygen atoms in total. The Labute approximate surface area is 99.6 Å². The second kappa shape index (κ2) is 4.01. The van der Waals surface area contributed by atoms with Crippen molar-refractivity contribution in [2.75, 3.05) is 5.73 Å². The van der Waals surface area contributed by atoms with Crippen molar-refractivity contribution in [1.82, 2.24) is 4.98 Å². The molecule has 0 aromatic carbocycles. The van der Waals surface area contributed by atoms with Gasteiger partial charge in [0.1, 0.15) is 5.82 Å². The lowest BCUT2D eigenvalue weighted by Gasteiger charge is -1.96. The van der Waals surface area contributed by atoms with E-state index in [1.165, 1.54) is 6.26 Å². The molecule has 0 aliphatic rings. The van der Waals surface area contributed by atoms with Crippen LogP contribution in [-0.2, 0) is 0 Å². The number of hydrogen-bond donors (Lipinski definition) is 1. The summed E-state index contributed by atoms with van der Waals surface area (Å²) in [5.41, 5.74) is 7.26. The summed E-state index contributed by atoms with van der Waals surface area (Å²) >= 11 is 1.68. The van der Waals surface area contributed by atoms with Gasteiger partial charge in [0.15, 0.2) is 5.76 Å². The fraction of sp³-hybridized carbons (Fsp3) is 0. The Hall–Kier alpha value is -1.37. The van der Waals surface area contributed by atoms with Gasteiger partial charge in [0.2, 0.25) is 0 Å². The van der Waals surface area contributed by atoms with Crippen LogP contribution < -0.4 is 5.73 Å². The van der Waals surface area contributed by atoms with Crippen molar-refractivity contribution in [1.29, 1.82) is 0 Å². The summed E-state index contributed by atoms with van der Waals surface area (Å²) in [4.78, 5) is 14.9. The van der Waals surface area contributed by atoms with E-state index in [1.54, 1.807) is 40.9 Å². The monoisotopic (exact) mass is 314 g/mol. The van der Waals surface area contributed by atoms with E-state index in [1.807, 2.05) is 6.07 Å². The summed E-state index contributed by atoms with van der Waals surface area (Å²) in [5.74, 6) is 0.775. The molecule has 0 spiro atoms. The Kier molecular flexibility index (Phi) is 2.72. The summed E-state index contributed by atoms with van der Waals surface area (Å²) in [7, 11) is 0. The number of anilines is 1. The zero-order chi connectivity index (χ0) is 10.8. The van der Waals surface area contributed by atoms with Crippen LogP contribution in [0.15, 0.2) is 35.1 Å². The van der Waals surface area contributed by atoms with Crippen LogP contribution in [0.4, 0.5) is 5.82 Å². The Morgan fingerprint density at radius 3 is 2.80 bits per heavy atom. The highest BCUT2D eigenvalue weighted by Gasteiger charge is 2.08. The molecule has 5 heteroatoms. The molecule has 0 atom stereocenters. The standard InChI is InChI=1S/C10H7IN2O2/c11-10(14)8-3-7(5-15-8)6-1-2-13-9(12)4-6/h1-5H,(H2,12,13). The molecule has 0 aliphatic heterocycles. The van der Waals surface area contributed by atoms with Crippen molar-refractivity contribution >= 4 is 32.2 Å². The maximum absolute atomic E-state index is 11.0. The molecule has 0 amide bonds. The lowest BCUT2D eigenvalue weighted by atomic mass is 10.1. The summed E-state index contributed by atoms with van der Waals surface area (Å²) in [6, 6.07) is 5.22. The summed E-state index contributed by atoms with van der Waals surface area (Å²) in [6.07, 6.45) is 3.14. The Balaban J connectivity index is 2.41. The third-order valence-electron chi connectivity index (χ3n) is 1.91. The van der Waals surface area contributed by atoms with Gasteiger partial charge in [0.25, 0.3) is 3.79 Å². The second-order valence-electron chi connectivity index (χ2n) is 2.94. The van der Waals surface area contributed by atoms with Gasteiger partial charge in [-0.2, -0.15) is 0 Å². The summed E-state index contributed by atoms with van der Waals surface area (Å²) in [6.45, 7) is 0. The summed E-state index contributed by atoms with van der Waals surface area (Å²) in [5, 5.41) is 0. The number of nitrogens with zero attached hydrogens (tertiary/aromatic N) is 1. The number of rotatable bonds is 2. The van der Waals surface area contributed by atoms with Gasteiger partial charge in [0, 0.05) is 34.4 Å². The van der Waals surface area contributed by atoms with Crippen LogP contribution in [0.1, 0.15) is 10.6 Å². The first kappa shape index (κ1) is 10.2. The van der Waals surface area contributed by atoms with Crippen LogP contribution >= 0.6 is 22.6 Å². The number of carbonyl (C=O) groups excluding carboxylic acids is 1. The number of carbonyl (C=O) groups is 1. The first-order chi connectivity index (χ1) is 7.16. The van der Waals surface area contributed by atoms with Gasteiger partial charge in [0.05, 0.1) is 6.26 Å². The first-order valence-corrected chi connectivity index (χ1v) is 5.25. The molecular weight excluding hydrogens is 307 g/mol. The van der Waals surface area contributed by atoms with Crippen LogP contribution in [0.5, 0.6) is 0 Å². The number of nitrogens with two attached hydrogens (primary N) is 1. The predicted octanol–water partition coefficient (Wildman–Crippen LogP) is 2.50. The minimum Gasteiger partial charge on any atom is -0.460 e. The Morgan fingerprint density at radius 2 is 2.20 bits per heavy atom. The van der Waals surface area contributed by atoms with E-state index in [2.05, 4.69) is 4.98 Å². The van der Waals surface area contributed by atoms with Gasteiger partial charge < -0.3 is 10.2 Å². The van der Waals surface area contributed by atoms with E-state index in [0.29, 0.717) is 11.6 Å². The molecule has 0 aliphatic carbocycles. The van der Waals surface area contributed by atoms with E-state index in [9.17, 15) is 4.79 Å². The van der Waals surface area contributed by atoms with E-state index >= 15 is 0 Å². The Bertz CT molecular complexity index is 508. The smallest absolute Gasteiger partial charge is 0.257 e. The van der Waals surface area contributed by atoms with Gasteiger partial charge in [-0.3, -0.25) is 4.79 Å². The van der Waals surface area contributed by atoms with Crippen molar-refractivity contribution in [3.05, 3.63) is 36.4 Å². The molecule has 0 fully saturated rings. The minimum absolute atomic E-state index is 0.124. The van der Waals surface area contributed by atoms with Crippen LogP contribution in [0, 0.1) is 0 Å². The molecule has 15 heavy (non-hydrogen) atoms. The van der Waals surface area contributed by atoms with Gasteiger partial charge >= 0.3 is 0 Å². The van der Waals surface area contributed by atoms with E-state index < -0.39 is 0 Å². The van der Waals surface area contributed by atoms with E-state index in [0.717, 1.165) is 11.1 Å². The highest BCUT2D eigenvalue weighted by Crippen LogP contribution is 2.23. The minimum atomic E-state index is -0.124. The molecular formula is C10H7IN2O2. The average molecular weight is 314 g/mol. The van der Waals surface area contributed by atoms with E-state index in [-0.39, 0.29) is 3.79 Å². The zero-order valence-corrected chi connectivity index (χ0v) is 9.76. The normalized spacial score (nSPS) is 10.2. The van der Waals surface area contributed by atoms with Crippen molar-refractivity contribution in [3.63, 3.8) is 0 Å². The van der Waals surface area contributed by atoms with Crippen LogP contribution in [-0.4, -0.2) is 8.77 Å². The molecule has 2 N–H and O–H groups in total. The van der Waals surface area contributed by atoms with Crippen LogP contribution in [0.3, 0.4) is 0 Å². The predicted molar refractivity (Wildman–Crippen MR) is 64.7 cm³/mol. The Morgan fingerprint density at radius 1 is 1.40 bits per heavy atom. The zero-order valence-electron chi connectivity index (χ0n) is 7.61. The molecule has 0 radical (unpaired) electrons. The quantitative estimate of drug-likeness (QED) is 0.683. The van der Waals surface area contributed by atoms with Gasteiger partial charge in [-0.05, 0) is 23.8 Å². The molecule has 2 aromatic heterocycles. The highest BCUT2D eigenvalue weighted by molar-refractivity contribution is 14.1. The molecule has 0 saturated heterocycles. The third-order valence-corrected chi connectivity index (χ3v) is 2.44. The van der Waals surface area contributed by atoms with Crippen LogP contribution in [0.2, 0.25) is 0 Å². The number of nitrogen functional groups attached to an aromatic ring is 1. The van der Waals surface area contributed by atoms with Gasteiger partial charge in [-0.25, -0.2) is 4.98 Å². The largest absolute Gasteiger partial charge is 0.460 e. The topological polar surface area (TPSA) is 69.1 Å². The van der Waals surface area contributed by atoms with Gasteiger partial charge in [-0.15, -0.1) is 0 Å². The highest BCUT2D eigenvalue weighted by atomic mass is 127. The van der Waals surface area contributed by atoms with Crippen molar-refractivity contribution in [2.45, 2.75) is 0 Å². The number of pyridine rings is 1. The number of hydrogen-bond acceptors (Lipinski definition) is 4. The van der Waals surface area contributed by atoms with Crippen molar-refractivity contribution in [3.8, 4) is 11.1 Å². The maximum Gasteiger partial charge on any atom is 0.257 e. The molecule has 0 unspecified atom stereocenters. The lowest BCUT2D eigenvalue weighted by Crippen LogP contribution is -1.88. The number of aromatic nitrogens is 1. The fourth-order valence-electron chi connectivity index (χ4n) is 1.22. The molecule has 2 rings (SSSR count). The van der Waals surface area contributed by atoms with Crippen molar-refractivity contribution < 1.29 is 9.21 Å². The SMILES string of the molecule is Nc1cc(-c2coc(C(=O)I)c2)ccn1. The molecule has 0 bridgehead atoms. The number of furan rings is 1. The second-order valence-corrected chi connectivity index (χ2v) is 3.92. The first-order valence-electron chi connectivity index (χ1n) is 4.17. The number of halogens is 1. The fourth-order valence-corrected chi connectivity index (χ4v) is 1.50. The summed E-state index contributed by atoms with van der Waals surface area (Å²) < 4.78 is 4.98. The maximum atomic E-state index is 11.0. The molecule has 76 valence electrons. The molecule has 2 aromatic rings. The average Bonchev–Trinajstić information content (AvgIpc) is 2.66. The molecule has 0 saturated carbocycles. The van der Waals surface area contributed by atoms with Gasteiger partial charge in [-0.1, -0.05) is 0 Å². The third kappa shape index (κ3) is 2.17. The van der Waals surface area contributed by atoms with Crippen LogP contribution in [0.25, 0.3) is 11.1 Å². The lowest BCUT2D eigenvalue weighted by molar-refractivity contribution is 0.108. The van der Waals surface area contributed by atoms with Crippen molar-refractivity contribution in [2.24, 2.45) is 0 Å². The van der Waals surface area contributed by atoms with E-state index in [4.69, 9.17) is 10.2 Å².